The van der Waals surface area contributed by atoms with E-state index in [2.05, 4.69) is 26.0 Å². The fraction of sp³-hybridized carbons (Fsp3) is 0.455. The molecule has 2 heterocycles. The third-order valence-corrected chi connectivity index (χ3v) is 6.08. The SMILES string of the molecule is CC(C)N(Cc1ccccc1)C(=O)C1CCN(C(=O)Cc2cccs2)CC1. The van der Waals surface area contributed by atoms with Crippen LogP contribution in [0.5, 0.6) is 0 Å². The van der Waals surface area contributed by atoms with Gasteiger partial charge in [0, 0.05) is 36.5 Å². The van der Waals surface area contributed by atoms with Crippen molar-refractivity contribution in [3.63, 3.8) is 0 Å². The van der Waals surface area contributed by atoms with Crippen LogP contribution >= 0.6 is 11.3 Å². The van der Waals surface area contributed by atoms with Crippen molar-refractivity contribution in [3.05, 3.63) is 58.3 Å². The molecule has 1 aliphatic rings. The predicted molar refractivity (Wildman–Crippen MR) is 109 cm³/mol. The first-order chi connectivity index (χ1) is 13.0. The van der Waals surface area contributed by atoms with Crippen molar-refractivity contribution in [2.24, 2.45) is 5.92 Å². The summed E-state index contributed by atoms with van der Waals surface area (Å²) in [6.07, 6.45) is 1.99. The molecule has 4 nitrogen and oxygen atoms in total. The van der Waals surface area contributed by atoms with Crippen LogP contribution in [0.15, 0.2) is 47.8 Å². The van der Waals surface area contributed by atoms with Crippen LogP contribution < -0.4 is 0 Å². The van der Waals surface area contributed by atoms with Crippen molar-refractivity contribution in [1.29, 1.82) is 0 Å². The monoisotopic (exact) mass is 384 g/mol. The van der Waals surface area contributed by atoms with Crippen LogP contribution in [-0.2, 0) is 22.6 Å². The molecule has 5 heteroatoms. The molecular formula is C22H28N2O2S. The van der Waals surface area contributed by atoms with Crippen LogP contribution in [0.4, 0.5) is 0 Å². The molecule has 3 rings (SSSR count). The van der Waals surface area contributed by atoms with Crippen LogP contribution in [0, 0.1) is 5.92 Å². The molecule has 1 aromatic heterocycles. The maximum atomic E-state index is 13.1. The standard InChI is InChI=1S/C22H28N2O2S/c1-17(2)24(16-18-7-4-3-5-8-18)22(26)19-10-12-23(13-11-19)21(25)15-20-9-6-14-27-20/h3-9,14,17,19H,10-13,15-16H2,1-2H3. The maximum Gasteiger partial charge on any atom is 0.227 e. The van der Waals surface area contributed by atoms with Gasteiger partial charge in [0.05, 0.1) is 6.42 Å². The second-order valence-corrected chi connectivity index (χ2v) is 8.49. The van der Waals surface area contributed by atoms with Gasteiger partial charge in [-0.2, -0.15) is 0 Å². The summed E-state index contributed by atoms with van der Waals surface area (Å²) in [6, 6.07) is 14.3. The zero-order chi connectivity index (χ0) is 19.2. The number of nitrogens with zero attached hydrogens (tertiary/aromatic N) is 2. The molecule has 0 saturated carbocycles. The van der Waals surface area contributed by atoms with Gasteiger partial charge in [-0.25, -0.2) is 0 Å². The van der Waals surface area contributed by atoms with Gasteiger partial charge >= 0.3 is 0 Å². The van der Waals surface area contributed by atoms with Crippen molar-refractivity contribution < 1.29 is 9.59 Å². The highest BCUT2D eigenvalue weighted by Gasteiger charge is 2.31. The number of piperidine rings is 1. The molecule has 1 fully saturated rings. The zero-order valence-corrected chi connectivity index (χ0v) is 17.0. The molecule has 1 aliphatic heterocycles. The zero-order valence-electron chi connectivity index (χ0n) is 16.1. The molecule has 2 amide bonds. The predicted octanol–water partition coefficient (Wildman–Crippen LogP) is 3.97. The molecule has 2 aromatic rings. The molecule has 1 aromatic carbocycles. The molecule has 0 unspecified atom stereocenters. The van der Waals surface area contributed by atoms with E-state index >= 15 is 0 Å². The molecule has 0 atom stereocenters. The number of thiophene rings is 1. The summed E-state index contributed by atoms with van der Waals surface area (Å²) >= 11 is 1.62. The van der Waals surface area contributed by atoms with Crippen molar-refractivity contribution in [2.45, 2.75) is 45.7 Å². The minimum absolute atomic E-state index is 0.0156. The first-order valence-electron chi connectivity index (χ1n) is 9.69. The van der Waals surface area contributed by atoms with Gasteiger partial charge < -0.3 is 9.80 Å². The van der Waals surface area contributed by atoms with Crippen LogP contribution in [0.1, 0.15) is 37.1 Å². The quantitative estimate of drug-likeness (QED) is 0.756. The Hall–Kier alpha value is -2.14. The Balaban J connectivity index is 1.55. The van der Waals surface area contributed by atoms with E-state index in [0.29, 0.717) is 26.1 Å². The van der Waals surface area contributed by atoms with E-state index in [4.69, 9.17) is 0 Å². The number of amides is 2. The number of hydrogen-bond donors (Lipinski definition) is 0. The lowest BCUT2D eigenvalue weighted by Gasteiger charge is -2.36. The Kier molecular flexibility index (Phi) is 6.67. The first kappa shape index (κ1) is 19.6. The second kappa shape index (κ2) is 9.18. The fourth-order valence-electron chi connectivity index (χ4n) is 3.58. The van der Waals surface area contributed by atoms with Crippen LogP contribution in [0.25, 0.3) is 0 Å². The number of likely N-dealkylation sites (tertiary alicyclic amines) is 1. The molecule has 0 aliphatic carbocycles. The molecule has 0 bridgehead atoms. The Bertz CT molecular complexity index is 735. The number of carbonyl (C=O) groups is 2. The van der Waals surface area contributed by atoms with Gasteiger partial charge in [0.1, 0.15) is 0 Å². The summed E-state index contributed by atoms with van der Waals surface area (Å²) in [7, 11) is 0. The van der Waals surface area contributed by atoms with E-state index in [1.165, 1.54) is 0 Å². The van der Waals surface area contributed by atoms with Crippen molar-refractivity contribution in [1.82, 2.24) is 9.80 Å². The Morgan fingerprint density at radius 1 is 1.11 bits per heavy atom. The summed E-state index contributed by atoms with van der Waals surface area (Å²) < 4.78 is 0. The van der Waals surface area contributed by atoms with Gasteiger partial charge in [-0.3, -0.25) is 9.59 Å². The molecule has 144 valence electrons. The van der Waals surface area contributed by atoms with Gasteiger partial charge in [0.2, 0.25) is 11.8 Å². The van der Waals surface area contributed by atoms with E-state index in [1.54, 1.807) is 11.3 Å². The average molecular weight is 385 g/mol. The third-order valence-electron chi connectivity index (χ3n) is 5.20. The first-order valence-corrected chi connectivity index (χ1v) is 10.6. The summed E-state index contributed by atoms with van der Waals surface area (Å²) in [4.78, 5) is 30.6. The normalized spacial score (nSPS) is 15.1. The lowest BCUT2D eigenvalue weighted by molar-refractivity contribution is -0.142. The highest BCUT2D eigenvalue weighted by atomic mass is 32.1. The minimum atomic E-state index is 0.0156. The van der Waals surface area contributed by atoms with E-state index in [0.717, 1.165) is 23.3 Å². The topological polar surface area (TPSA) is 40.6 Å². The fourth-order valence-corrected chi connectivity index (χ4v) is 4.28. The summed E-state index contributed by atoms with van der Waals surface area (Å²) in [6.45, 7) is 6.14. The largest absolute Gasteiger partial charge is 0.342 e. The highest BCUT2D eigenvalue weighted by molar-refractivity contribution is 7.10. The lowest BCUT2D eigenvalue weighted by atomic mass is 9.94. The Labute approximate surface area is 165 Å². The minimum Gasteiger partial charge on any atom is -0.342 e. The molecule has 0 spiro atoms. The molecule has 0 N–H and O–H groups in total. The number of carbonyl (C=O) groups excluding carboxylic acids is 2. The van der Waals surface area contributed by atoms with Gasteiger partial charge in [0.25, 0.3) is 0 Å². The second-order valence-electron chi connectivity index (χ2n) is 7.46. The van der Waals surface area contributed by atoms with E-state index < -0.39 is 0 Å². The van der Waals surface area contributed by atoms with Gasteiger partial charge in [-0.1, -0.05) is 36.4 Å². The van der Waals surface area contributed by atoms with E-state index in [-0.39, 0.29) is 23.8 Å². The lowest BCUT2D eigenvalue weighted by Crippen LogP contribution is -2.46. The number of rotatable bonds is 6. The van der Waals surface area contributed by atoms with Gasteiger partial charge in [-0.05, 0) is 43.7 Å². The number of hydrogen-bond acceptors (Lipinski definition) is 3. The molecular weight excluding hydrogens is 356 g/mol. The van der Waals surface area contributed by atoms with Crippen molar-refractivity contribution in [3.8, 4) is 0 Å². The maximum absolute atomic E-state index is 13.1. The summed E-state index contributed by atoms with van der Waals surface area (Å²) in [5.74, 6) is 0.412. The molecule has 1 saturated heterocycles. The van der Waals surface area contributed by atoms with Gasteiger partial charge in [0.15, 0.2) is 0 Å². The molecule has 0 radical (unpaired) electrons. The van der Waals surface area contributed by atoms with E-state index in [9.17, 15) is 9.59 Å². The van der Waals surface area contributed by atoms with Crippen LogP contribution in [-0.4, -0.2) is 40.7 Å². The Morgan fingerprint density at radius 2 is 1.81 bits per heavy atom. The van der Waals surface area contributed by atoms with Crippen molar-refractivity contribution in [2.75, 3.05) is 13.1 Å². The third kappa shape index (κ3) is 5.19. The van der Waals surface area contributed by atoms with Crippen LogP contribution in [0.2, 0.25) is 0 Å². The summed E-state index contributed by atoms with van der Waals surface area (Å²) in [5.41, 5.74) is 1.16. The smallest absolute Gasteiger partial charge is 0.227 e. The summed E-state index contributed by atoms with van der Waals surface area (Å²) in [5, 5.41) is 2.00. The number of benzene rings is 1. The van der Waals surface area contributed by atoms with Crippen molar-refractivity contribution >= 4 is 23.2 Å². The van der Waals surface area contributed by atoms with Crippen LogP contribution in [0.3, 0.4) is 0 Å². The molecule has 27 heavy (non-hydrogen) atoms. The highest BCUT2D eigenvalue weighted by Crippen LogP contribution is 2.23. The van der Waals surface area contributed by atoms with E-state index in [1.807, 2.05) is 45.5 Å². The Morgan fingerprint density at radius 3 is 2.41 bits per heavy atom. The average Bonchev–Trinajstić information content (AvgIpc) is 3.19. The van der Waals surface area contributed by atoms with Gasteiger partial charge in [-0.15, -0.1) is 11.3 Å².